The molecule has 0 saturated carbocycles. The summed E-state index contributed by atoms with van der Waals surface area (Å²) in [5, 5.41) is 5.75. The molecule has 0 unspecified atom stereocenters. The number of fused-ring (bicyclic) bond motifs is 1. The maximum atomic E-state index is 12.1. The zero-order chi connectivity index (χ0) is 16.4. The third kappa shape index (κ3) is 3.08. The second-order valence-corrected chi connectivity index (χ2v) is 6.27. The fraction of sp³-hybridized carbons (Fsp3) is 0.278. The molecule has 1 aliphatic rings. The van der Waals surface area contributed by atoms with Gasteiger partial charge in [0.25, 0.3) is 0 Å². The van der Waals surface area contributed by atoms with Crippen molar-refractivity contribution in [2.75, 3.05) is 5.32 Å². The Bertz CT molecular complexity index is 754. The van der Waals surface area contributed by atoms with E-state index in [1.807, 2.05) is 44.2 Å². The Hall–Kier alpha value is -2.69. The molecule has 0 aliphatic carbocycles. The van der Waals surface area contributed by atoms with Crippen LogP contribution in [0.3, 0.4) is 0 Å². The van der Waals surface area contributed by atoms with E-state index in [0.29, 0.717) is 6.54 Å². The number of pyridine rings is 1. The van der Waals surface area contributed by atoms with E-state index >= 15 is 0 Å². The highest BCUT2D eigenvalue weighted by atomic mass is 16.2. The first kappa shape index (κ1) is 15.2. The first-order chi connectivity index (χ1) is 11.0. The lowest BCUT2D eigenvalue weighted by atomic mass is 9.85. The Kier molecular flexibility index (Phi) is 3.86. The number of benzene rings is 1. The van der Waals surface area contributed by atoms with Gasteiger partial charge in [-0.15, -0.1) is 0 Å². The van der Waals surface area contributed by atoms with Crippen molar-refractivity contribution in [1.29, 1.82) is 0 Å². The summed E-state index contributed by atoms with van der Waals surface area (Å²) >= 11 is 0. The number of nitrogens with one attached hydrogen (secondary N) is 2. The Morgan fingerprint density at radius 2 is 2.09 bits per heavy atom. The number of hydrogen-bond acceptors (Lipinski definition) is 3. The molecule has 2 aromatic rings. The first-order valence-corrected chi connectivity index (χ1v) is 7.57. The quantitative estimate of drug-likeness (QED) is 0.909. The summed E-state index contributed by atoms with van der Waals surface area (Å²) in [6.45, 7) is 4.24. The predicted molar refractivity (Wildman–Crippen MR) is 87.9 cm³/mol. The molecule has 2 amide bonds. The Morgan fingerprint density at radius 1 is 1.26 bits per heavy atom. The van der Waals surface area contributed by atoms with Crippen molar-refractivity contribution in [3.05, 3.63) is 59.4 Å². The minimum Gasteiger partial charge on any atom is -0.352 e. The highest BCUT2D eigenvalue weighted by Crippen LogP contribution is 2.37. The van der Waals surface area contributed by atoms with Crippen LogP contribution in [0, 0.1) is 0 Å². The lowest BCUT2D eigenvalue weighted by Crippen LogP contribution is -2.27. The normalized spacial score (nSPS) is 15.0. The SMILES string of the molecule is CC1(C)C(=O)Nc2ccc(CC(=O)NCc3cccnc3)cc21. The largest absolute Gasteiger partial charge is 0.352 e. The molecule has 3 rings (SSSR count). The van der Waals surface area contributed by atoms with E-state index in [0.717, 1.165) is 22.4 Å². The molecular formula is C18H19N3O2. The van der Waals surface area contributed by atoms with Gasteiger partial charge < -0.3 is 10.6 Å². The van der Waals surface area contributed by atoms with Crippen molar-refractivity contribution in [2.24, 2.45) is 0 Å². The molecule has 1 aromatic heterocycles. The van der Waals surface area contributed by atoms with Gasteiger partial charge in [0, 0.05) is 24.6 Å². The minimum absolute atomic E-state index is 0.00863. The second kappa shape index (κ2) is 5.83. The molecule has 1 aromatic carbocycles. The molecule has 5 nitrogen and oxygen atoms in total. The molecule has 23 heavy (non-hydrogen) atoms. The summed E-state index contributed by atoms with van der Waals surface area (Å²) < 4.78 is 0. The summed E-state index contributed by atoms with van der Waals surface area (Å²) in [6, 6.07) is 9.45. The third-order valence-electron chi connectivity index (χ3n) is 4.15. The number of hydrogen-bond donors (Lipinski definition) is 2. The second-order valence-electron chi connectivity index (χ2n) is 6.27. The van der Waals surface area contributed by atoms with Gasteiger partial charge in [-0.2, -0.15) is 0 Å². The molecule has 0 fully saturated rings. The molecule has 2 heterocycles. The van der Waals surface area contributed by atoms with Gasteiger partial charge in [-0.1, -0.05) is 18.2 Å². The highest BCUT2D eigenvalue weighted by Gasteiger charge is 2.38. The molecule has 0 radical (unpaired) electrons. The number of anilines is 1. The first-order valence-electron chi connectivity index (χ1n) is 7.57. The van der Waals surface area contributed by atoms with Gasteiger partial charge >= 0.3 is 0 Å². The number of carbonyl (C=O) groups is 2. The van der Waals surface area contributed by atoms with E-state index in [-0.39, 0.29) is 18.2 Å². The van der Waals surface area contributed by atoms with Crippen LogP contribution in [0.4, 0.5) is 5.69 Å². The molecule has 0 spiro atoms. The van der Waals surface area contributed by atoms with Crippen molar-refractivity contribution < 1.29 is 9.59 Å². The summed E-state index contributed by atoms with van der Waals surface area (Å²) in [5.41, 5.74) is 3.08. The Morgan fingerprint density at radius 3 is 2.83 bits per heavy atom. The smallest absolute Gasteiger partial charge is 0.234 e. The van der Waals surface area contributed by atoms with Crippen LogP contribution in [0.15, 0.2) is 42.7 Å². The maximum absolute atomic E-state index is 12.1. The van der Waals surface area contributed by atoms with E-state index in [2.05, 4.69) is 15.6 Å². The molecule has 0 bridgehead atoms. The molecule has 118 valence electrons. The minimum atomic E-state index is -0.558. The number of rotatable bonds is 4. The van der Waals surface area contributed by atoms with Crippen molar-refractivity contribution in [3.63, 3.8) is 0 Å². The van der Waals surface area contributed by atoms with Gasteiger partial charge in [0.1, 0.15) is 0 Å². The monoisotopic (exact) mass is 309 g/mol. The lowest BCUT2D eigenvalue weighted by molar-refractivity contribution is -0.121. The van der Waals surface area contributed by atoms with E-state index in [4.69, 9.17) is 0 Å². The fourth-order valence-electron chi connectivity index (χ4n) is 2.68. The summed E-state index contributed by atoms with van der Waals surface area (Å²) in [7, 11) is 0. The van der Waals surface area contributed by atoms with Crippen LogP contribution in [0.1, 0.15) is 30.5 Å². The zero-order valence-corrected chi connectivity index (χ0v) is 13.2. The van der Waals surface area contributed by atoms with Crippen molar-refractivity contribution in [1.82, 2.24) is 10.3 Å². The predicted octanol–water partition coefficient (Wildman–Crippen LogP) is 2.17. The van der Waals surface area contributed by atoms with Gasteiger partial charge in [-0.3, -0.25) is 14.6 Å². The molecular weight excluding hydrogens is 290 g/mol. The van der Waals surface area contributed by atoms with Crippen molar-refractivity contribution >= 4 is 17.5 Å². The van der Waals surface area contributed by atoms with Gasteiger partial charge in [0.15, 0.2) is 0 Å². The van der Waals surface area contributed by atoms with Crippen LogP contribution in [0.2, 0.25) is 0 Å². The zero-order valence-electron chi connectivity index (χ0n) is 13.2. The van der Waals surface area contributed by atoms with E-state index in [9.17, 15) is 9.59 Å². The Labute approximate surface area is 135 Å². The van der Waals surface area contributed by atoms with Crippen LogP contribution in [-0.2, 0) is 28.0 Å². The number of carbonyl (C=O) groups excluding carboxylic acids is 2. The Balaban J connectivity index is 1.66. The third-order valence-corrected chi connectivity index (χ3v) is 4.15. The van der Waals surface area contributed by atoms with Crippen LogP contribution in [0.5, 0.6) is 0 Å². The summed E-state index contributed by atoms with van der Waals surface area (Å²) in [4.78, 5) is 28.1. The molecule has 0 atom stereocenters. The summed E-state index contributed by atoms with van der Waals surface area (Å²) in [5.74, 6) is -0.0606. The fourth-order valence-corrected chi connectivity index (χ4v) is 2.68. The molecule has 0 saturated heterocycles. The van der Waals surface area contributed by atoms with Gasteiger partial charge in [-0.05, 0) is 42.7 Å². The van der Waals surface area contributed by atoms with Gasteiger partial charge in [0.2, 0.25) is 11.8 Å². The number of nitrogens with zero attached hydrogens (tertiary/aromatic N) is 1. The molecule has 5 heteroatoms. The molecule has 1 aliphatic heterocycles. The van der Waals surface area contributed by atoms with Crippen LogP contribution in [-0.4, -0.2) is 16.8 Å². The average Bonchev–Trinajstić information content (AvgIpc) is 2.76. The van der Waals surface area contributed by atoms with Crippen molar-refractivity contribution in [2.45, 2.75) is 32.2 Å². The van der Waals surface area contributed by atoms with E-state index in [1.54, 1.807) is 12.4 Å². The average molecular weight is 309 g/mol. The van der Waals surface area contributed by atoms with Crippen molar-refractivity contribution in [3.8, 4) is 0 Å². The topological polar surface area (TPSA) is 71.1 Å². The lowest BCUT2D eigenvalue weighted by Gasteiger charge is -2.15. The van der Waals surface area contributed by atoms with Crippen LogP contribution in [0.25, 0.3) is 0 Å². The number of aromatic nitrogens is 1. The van der Waals surface area contributed by atoms with E-state index in [1.165, 1.54) is 0 Å². The maximum Gasteiger partial charge on any atom is 0.234 e. The van der Waals surface area contributed by atoms with Crippen LogP contribution >= 0.6 is 0 Å². The van der Waals surface area contributed by atoms with Gasteiger partial charge in [-0.25, -0.2) is 0 Å². The molecule has 2 N–H and O–H groups in total. The number of amides is 2. The summed E-state index contributed by atoms with van der Waals surface area (Å²) in [6.07, 6.45) is 3.72. The van der Waals surface area contributed by atoms with E-state index < -0.39 is 5.41 Å². The van der Waals surface area contributed by atoms with Crippen LogP contribution < -0.4 is 10.6 Å². The standard InChI is InChI=1S/C18H19N3O2/c1-18(2)14-8-12(5-6-15(14)21-17(18)23)9-16(22)20-11-13-4-3-7-19-10-13/h3-8,10H,9,11H2,1-2H3,(H,20,22)(H,21,23). The highest BCUT2D eigenvalue weighted by molar-refractivity contribution is 6.05. The van der Waals surface area contributed by atoms with Gasteiger partial charge in [0.05, 0.1) is 11.8 Å².